The molecule has 0 aromatic carbocycles. The van der Waals surface area contributed by atoms with Gasteiger partial charge in [-0.3, -0.25) is 19.1 Å². The van der Waals surface area contributed by atoms with Gasteiger partial charge in [-0.05, 0) is 22.0 Å². The van der Waals surface area contributed by atoms with Crippen molar-refractivity contribution < 1.29 is 14.7 Å². The maximum atomic E-state index is 11.8. The van der Waals surface area contributed by atoms with Crippen LogP contribution in [0, 0.1) is 0 Å². The quantitative estimate of drug-likeness (QED) is 0.814. The zero-order valence-electron chi connectivity index (χ0n) is 10.7. The first-order valence-corrected chi connectivity index (χ1v) is 6.63. The van der Waals surface area contributed by atoms with Crippen molar-refractivity contribution in [2.24, 2.45) is 0 Å². The van der Waals surface area contributed by atoms with E-state index in [-0.39, 0.29) is 18.6 Å². The summed E-state index contributed by atoms with van der Waals surface area (Å²) in [6, 6.07) is 2.94. The summed E-state index contributed by atoms with van der Waals surface area (Å²) >= 11 is 3.22. The molecule has 9 heteroatoms. The third-order valence-corrected chi connectivity index (χ3v) is 2.94. The summed E-state index contributed by atoms with van der Waals surface area (Å²) < 4.78 is 3.12. The number of hydrogen-bond donors (Lipinski definition) is 2. The van der Waals surface area contributed by atoms with Crippen molar-refractivity contribution in [1.82, 2.24) is 14.3 Å². The maximum Gasteiger partial charge on any atom is 0.325 e. The van der Waals surface area contributed by atoms with E-state index >= 15 is 0 Å². The van der Waals surface area contributed by atoms with Gasteiger partial charge in [0.25, 0.3) is 5.56 Å². The summed E-state index contributed by atoms with van der Waals surface area (Å²) in [5.41, 5.74) is 0.0687. The number of carboxylic acids is 1. The van der Waals surface area contributed by atoms with Gasteiger partial charge in [0.1, 0.15) is 13.1 Å². The number of rotatable bonds is 5. The summed E-state index contributed by atoms with van der Waals surface area (Å²) in [6.07, 6.45) is 4.25. The molecule has 0 radical (unpaired) electrons. The molecule has 110 valence electrons. The standard InChI is InChI=1S/C12H11BrN4O4/c13-8-1-2-11(19)16(4-8)6-10(18)15-9-3-14-17(5-9)7-12(20)21/h1-5H,6-7H2,(H,15,18)(H,20,21). The second-order valence-corrected chi connectivity index (χ2v) is 5.10. The lowest BCUT2D eigenvalue weighted by Crippen LogP contribution is -2.26. The van der Waals surface area contributed by atoms with Crippen LogP contribution in [-0.4, -0.2) is 31.3 Å². The van der Waals surface area contributed by atoms with Gasteiger partial charge in [-0.25, -0.2) is 0 Å². The van der Waals surface area contributed by atoms with Crippen LogP contribution in [0.25, 0.3) is 0 Å². The van der Waals surface area contributed by atoms with E-state index in [1.807, 2.05) is 0 Å². The second kappa shape index (κ2) is 6.35. The van der Waals surface area contributed by atoms with Gasteiger partial charge >= 0.3 is 5.97 Å². The fourth-order valence-electron chi connectivity index (χ4n) is 1.63. The van der Waals surface area contributed by atoms with Crippen LogP contribution in [0.1, 0.15) is 0 Å². The number of aliphatic carboxylic acids is 1. The molecule has 0 bridgehead atoms. The lowest BCUT2D eigenvalue weighted by atomic mass is 10.4. The number of carbonyl (C=O) groups is 2. The molecule has 0 spiro atoms. The zero-order valence-corrected chi connectivity index (χ0v) is 12.3. The zero-order chi connectivity index (χ0) is 15.4. The molecule has 21 heavy (non-hydrogen) atoms. The highest BCUT2D eigenvalue weighted by Crippen LogP contribution is 2.07. The Bertz CT molecular complexity index is 737. The Labute approximate surface area is 127 Å². The number of carbonyl (C=O) groups excluding carboxylic acids is 1. The largest absolute Gasteiger partial charge is 0.480 e. The second-order valence-electron chi connectivity index (χ2n) is 4.18. The third kappa shape index (κ3) is 4.28. The Morgan fingerprint density at radius 1 is 1.29 bits per heavy atom. The van der Waals surface area contributed by atoms with E-state index in [4.69, 9.17) is 5.11 Å². The van der Waals surface area contributed by atoms with Crippen LogP contribution in [0.15, 0.2) is 40.0 Å². The normalized spacial score (nSPS) is 10.3. The van der Waals surface area contributed by atoms with Crippen molar-refractivity contribution in [3.05, 3.63) is 45.5 Å². The van der Waals surface area contributed by atoms with Crippen molar-refractivity contribution in [2.45, 2.75) is 13.1 Å². The minimum absolute atomic E-state index is 0.150. The van der Waals surface area contributed by atoms with Gasteiger partial charge in [-0.2, -0.15) is 5.10 Å². The summed E-state index contributed by atoms with van der Waals surface area (Å²) in [6.45, 7) is -0.441. The van der Waals surface area contributed by atoms with Gasteiger partial charge in [0.2, 0.25) is 5.91 Å². The molecule has 0 unspecified atom stereocenters. The molecule has 2 rings (SSSR count). The van der Waals surface area contributed by atoms with Crippen LogP contribution in [0.4, 0.5) is 5.69 Å². The molecule has 2 N–H and O–H groups in total. The lowest BCUT2D eigenvalue weighted by Gasteiger charge is -2.05. The summed E-state index contributed by atoms with van der Waals surface area (Å²) in [5.74, 6) is -1.44. The molecule has 0 aliphatic heterocycles. The molecule has 2 aromatic rings. The van der Waals surface area contributed by atoms with Crippen molar-refractivity contribution in [3.63, 3.8) is 0 Å². The molecule has 8 nitrogen and oxygen atoms in total. The summed E-state index contributed by atoms with van der Waals surface area (Å²) in [5, 5.41) is 15.0. The van der Waals surface area contributed by atoms with Crippen molar-refractivity contribution in [3.8, 4) is 0 Å². The Balaban J connectivity index is 2.01. The van der Waals surface area contributed by atoms with Crippen molar-refractivity contribution >= 4 is 33.5 Å². The van der Waals surface area contributed by atoms with Crippen LogP contribution in [0.5, 0.6) is 0 Å². The molecule has 0 aliphatic carbocycles. The smallest absolute Gasteiger partial charge is 0.325 e. The highest BCUT2D eigenvalue weighted by Gasteiger charge is 2.08. The number of nitrogens with zero attached hydrogens (tertiary/aromatic N) is 3. The molecule has 0 saturated heterocycles. The molecular weight excluding hydrogens is 344 g/mol. The molecule has 2 heterocycles. The van der Waals surface area contributed by atoms with E-state index in [1.54, 1.807) is 6.07 Å². The number of nitrogens with one attached hydrogen (secondary N) is 1. The van der Waals surface area contributed by atoms with E-state index in [9.17, 15) is 14.4 Å². The fourth-order valence-corrected chi connectivity index (χ4v) is 2.01. The van der Waals surface area contributed by atoms with E-state index in [0.29, 0.717) is 10.2 Å². The van der Waals surface area contributed by atoms with Crippen LogP contribution >= 0.6 is 15.9 Å². The molecule has 0 aliphatic rings. The number of carboxylic acid groups (broad SMARTS) is 1. The number of hydrogen-bond acceptors (Lipinski definition) is 4. The number of anilines is 1. The van der Waals surface area contributed by atoms with Gasteiger partial charge in [-0.1, -0.05) is 0 Å². The van der Waals surface area contributed by atoms with Gasteiger partial charge < -0.3 is 15.0 Å². The van der Waals surface area contributed by atoms with Gasteiger partial charge in [0.15, 0.2) is 0 Å². The number of aromatic nitrogens is 3. The van der Waals surface area contributed by atoms with Crippen molar-refractivity contribution in [2.75, 3.05) is 5.32 Å². The van der Waals surface area contributed by atoms with Crippen LogP contribution < -0.4 is 10.9 Å². The summed E-state index contributed by atoms with van der Waals surface area (Å²) in [4.78, 5) is 33.9. The SMILES string of the molecule is O=C(O)Cn1cc(NC(=O)Cn2cc(Br)ccc2=O)cn1. The van der Waals surface area contributed by atoms with Gasteiger partial charge in [0, 0.05) is 22.9 Å². The molecule has 0 saturated carbocycles. The fraction of sp³-hybridized carbons (Fsp3) is 0.167. The minimum atomic E-state index is -1.03. The van der Waals surface area contributed by atoms with E-state index in [0.717, 1.165) is 0 Å². The number of amides is 1. The lowest BCUT2D eigenvalue weighted by molar-refractivity contribution is -0.137. The van der Waals surface area contributed by atoms with Crippen molar-refractivity contribution in [1.29, 1.82) is 0 Å². The van der Waals surface area contributed by atoms with Crippen LogP contribution in [0.3, 0.4) is 0 Å². The van der Waals surface area contributed by atoms with E-state index in [1.165, 1.54) is 33.9 Å². The van der Waals surface area contributed by atoms with E-state index in [2.05, 4.69) is 26.3 Å². The topological polar surface area (TPSA) is 106 Å². The first kappa shape index (κ1) is 15.0. The third-order valence-electron chi connectivity index (χ3n) is 2.48. The Kier molecular flexibility index (Phi) is 4.53. The molecule has 1 amide bonds. The first-order chi connectivity index (χ1) is 9.94. The summed E-state index contributed by atoms with van der Waals surface area (Å²) in [7, 11) is 0. The highest BCUT2D eigenvalue weighted by atomic mass is 79.9. The van der Waals surface area contributed by atoms with Crippen LogP contribution in [0.2, 0.25) is 0 Å². The van der Waals surface area contributed by atoms with Crippen LogP contribution in [-0.2, 0) is 22.7 Å². The molecular formula is C12H11BrN4O4. The van der Waals surface area contributed by atoms with Gasteiger partial charge in [0.05, 0.1) is 11.9 Å². The highest BCUT2D eigenvalue weighted by molar-refractivity contribution is 9.10. The minimum Gasteiger partial charge on any atom is -0.480 e. The first-order valence-electron chi connectivity index (χ1n) is 5.84. The molecule has 0 fully saturated rings. The predicted molar refractivity (Wildman–Crippen MR) is 76.9 cm³/mol. The Morgan fingerprint density at radius 3 is 2.76 bits per heavy atom. The number of halogens is 1. The average Bonchev–Trinajstić information content (AvgIpc) is 2.80. The van der Waals surface area contributed by atoms with Gasteiger partial charge in [-0.15, -0.1) is 0 Å². The maximum absolute atomic E-state index is 11.8. The Hall–Kier alpha value is -2.42. The molecule has 2 aromatic heterocycles. The molecule has 0 atom stereocenters. The Morgan fingerprint density at radius 2 is 2.05 bits per heavy atom. The monoisotopic (exact) mass is 354 g/mol. The predicted octanol–water partition coefficient (Wildman–Crippen LogP) is 0.531. The average molecular weight is 355 g/mol. The van der Waals surface area contributed by atoms with E-state index < -0.39 is 11.9 Å². The number of pyridine rings is 1.